The number of hydrogen-bond donors (Lipinski definition) is 2. The first-order chi connectivity index (χ1) is 8.66. The van der Waals surface area contributed by atoms with Crippen molar-refractivity contribution in [3.05, 3.63) is 24.2 Å². The van der Waals surface area contributed by atoms with Gasteiger partial charge in [0.2, 0.25) is 5.91 Å². The van der Waals surface area contributed by atoms with Crippen LogP contribution in [-0.2, 0) is 4.79 Å². The molecule has 1 aromatic rings. The molecule has 0 radical (unpaired) electrons. The molecule has 1 amide bonds. The van der Waals surface area contributed by atoms with Crippen molar-refractivity contribution in [1.29, 1.82) is 0 Å². The van der Waals surface area contributed by atoms with E-state index >= 15 is 0 Å². The summed E-state index contributed by atoms with van der Waals surface area (Å²) in [6.07, 6.45) is 6.35. The summed E-state index contributed by atoms with van der Waals surface area (Å²) in [7, 11) is 0. The van der Waals surface area contributed by atoms with Gasteiger partial charge in [-0.1, -0.05) is 12.8 Å². The first-order valence-corrected chi connectivity index (χ1v) is 6.76. The summed E-state index contributed by atoms with van der Waals surface area (Å²) in [6.45, 7) is 3.89. The molecule has 2 rings (SSSR count). The third-order valence-electron chi connectivity index (χ3n) is 3.56. The van der Waals surface area contributed by atoms with Crippen LogP contribution in [0.5, 0.6) is 0 Å². The largest absolute Gasteiger partial charge is 0.468 e. The Morgan fingerprint density at radius 2 is 2.11 bits per heavy atom. The standard InChI is InChI=1S/C14H22N2O2/c1-10(13-8-5-9-18-13)15-11(2)14(17)16-12-6-3-4-7-12/h5,8-12,15H,3-4,6-7H2,1-2H3,(H,16,17)/t10-,11?/m1/s1. The Bertz CT molecular complexity index is 369. The van der Waals surface area contributed by atoms with Crippen LogP contribution in [0.15, 0.2) is 22.8 Å². The average Bonchev–Trinajstić information content (AvgIpc) is 3.01. The highest BCUT2D eigenvalue weighted by Gasteiger charge is 2.22. The summed E-state index contributed by atoms with van der Waals surface area (Å²) in [6, 6.07) is 3.99. The van der Waals surface area contributed by atoms with E-state index in [-0.39, 0.29) is 18.0 Å². The Labute approximate surface area is 108 Å². The lowest BCUT2D eigenvalue weighted by Crippen LogP contribution is -2.46. The first-order valence-electron chi connectivity index (χ1n) is 6.76. The summed E-state index contributed by atoms with van der Waals surface area (Å²) in [5.74, 6) is 0.941. The van der Waals surface area contributed by atoms with E-state index in [1.165, 1.54) is 12.8 Å². The maximum atomic E-state index is 12.0. The van der Waals surface area contributed by atoms with Crippen molar-refractivity contribution in [2.24, 2.45) is 0 Å². The monoisotopic (exact) mass is 250 g/mol. The van der Waals surface area contributed by atoms with Gasteiger partial charge in [0.1, 0.15) is 5.76 Å². The molecular formula is C14H22N2O2. The molecule has 0 bridgehead atoms. The molecule has 100 valence electrons. The summed E-state index contributed by atoms with van der Waals surface area (Å²) >= 11 is 0. The second kappa shape index (κ2) is 6.05. The SMILES string of the molecule is CC(N[C@H](C)c1ccco1)C(=O)NC1CCCC1. The lowest BCUT2D eigenvalue weighted by atomic mass is 10.2. The van der Waals surface area contributed by atoms with Gasteiger partial charge in [-0.05, 0) is 38.8 Å². The fraction of sp³-hybridized carbons (Fsp3) is 0.643. The summed E-state index contributed by atoms with van der Waals surface area (Å²) in [4.78, 5) is 12.0. The molecule has 1 unspecified atom stereocenters. The van der Waals surface area contributed by atoms with E-state index in [1.54, 1.807) is 6.26 Å². The highest BCUT2D eigenvalue weighted by Crippen LogP contribution is 2.18. The predicted molar refractivity (Wildman–Crippen MR) is 70.1 cm³/mol. The number of rotatable bonds is 5. The van der Waals surface area contributed by atoms with Gasteiger partial charge in [0.05, 0.1) is 18.3 Å². The number of hydrogen-bond acceptors (Lipinski definition) is 3. The Morgan fingerprint density at radius 1 is 1.39 bits per heavy atom. The van der Waals surface area contributed by atoms with Crippen LogP contribution in [0.25, 0.3) is 0 Å². The van der Waals surface area contributed by atoms with Gasteiger partial charge in [0, 0.05) is 6.04 Å². The van der Waals surface area contributed by atoms with Gasteiger partial charge in [0.15, 0.2) is 0 Å². The minimum Gasteiger partial charge on any atom is -0.468 e. The molecule has 4 nitrogen and oxygen atoms in total. The van der Waals surface area contributed by atoms with Crippen molar-refractivity contribution in [2.75, 3.05) is 0 Å². The summed E-state index contributed by atoms with van der Waals surface area (Å²) in [5, 5.41) is 6.35. The minimum absolute atomic E-state index is 0.0457. The van der Waals surface area contributed by atoms with Crippen LogP contribution in [-0.4, -0.2) is 18.0 Å². The quantitative estimate of drug-likeness (QED) is 0.843. The van der Waals surface area contributed by atoms with Crippen LogP contribution >= 0.6 is 0 Å². The van der Waals surface area contributed by atoms with Crippen molar-refractivity contribution >= 4 is 5.91 Å². The van der Waals surface area contributed by atoms with Gasteiger partial charge in [0.25, 0.3) is 0 Å². The summed E-state index contributed by atoms with van der Waals surface area (Å²) in [5.41, 5.74) is 0. The number of nitrogens with one attached hydrogen (secondary N) is 2. The zero-order valence-electron chi connectivity index (χ0n) is 11.1. The Balaban J connectivity index is 1.79. The van der Waals surface area contributed by atoms with Crippen molar-refractivity contribution in [1.82, 2.24) is 10.6 Å². The smallest absolute Gasteiger partial charge is 0.237 e. The fourth-order valence-corrected chi connectivity index (χ4v) is 2.47. The molecule has 18 heavy (non-hydrogen) atoms. The maximum Gasteiger partial charge on any atom is 0.237 e. The van der Waals surface area contributed by atoms with Crippen molar-refractivity contribution in [2.45, 2.75) is 57.7 Å². The molecule has 1 heterocycles. The lowest BCUT2D eigenvalue weighted by Gasteiger charge is -2.20. The molecule has 0 aliphatic heterocycles. The average molecular weight is 250 g/mol. The Morgan fingerprint density at radius 3 is 2.72 bits per heavy atom. The molecule has 4 heteroatoms. The second-order valence-electron chi connectivity index (χ2n) is 5.12. The number of amides is 1. The maximum absolute atomic E-state index is 12.0. The Kier molecular flexibility index (Phi) is 4.42. The van der Waals surface area contributed by atoms with Crippen LogP contribution in [0.1, 0.15) is 51.3 Å². The minimum atomic E-state index is -0.203. The lowest BCUT2D eigenvalue weighted by molar-refractivity contribution is -0.123. The van der Waals surface area contributed by atoms with Crippen LogP contribution in [0, 0.1) is 0 Å². The van der Waals surface area contributed by atoms with Crippen LogP contribution in [0.3, 0.4) is 0 Å². The Hall–Kier alpha value is -1.29. The zero-order valence-corrected chi connectivity index (χ0v) is 11.1. The van der Waals surface area contributed by atoms with E-state index in [0.29, 0.717) is 6.04 Å². The van der Waals surface area contributed by atoms with Gasteiger partial charge in [-0.3, -0.25) is 10.1 Å². The molecule has 1 aromatic heterocycles. The topological polar surface area (TPSA) is 54.3 Å². The first kappa shape index (κ1) is 13.1. The molecule has 1 aliphatic carbocycles. The van der Waals surface area contributed by atoms with Crippen LogP contribution in [0.2, 0.25) is 0 Å². The molecule has 2 atom stereocenters. The third kappa shape index (κ3) is 3.35. The van der Waals surface area contributed by atoms with Gasteiger partial charge < -0.3 is 9.73 Å². The molecule has 0 aromatic carbocycles. The van der Waals surface area contributed by atoms with Crippen molar-refractivity contribution in [3.63, 3.8) is 0 Å². The van der Waals surface area contributed by atoms with Gasteiger partial charge >= 0.3 is 0 Å². The van der Waals surface area contributed by atoms with Gasteiger partial charge in [-0.25, -0.2) is 0 Å². The molecule has 1 fully saturated rings. The molecular weight excluding hydrogens is 228 g/mol. The zero-order chi connectivity index (χ0) is 13.0. The van der Waals surface area contributed by atoms with E-state index in [2.05, 4.69) is 10.6 Å². The van der Waals surface area contributed by atoms with Crippen molar-refractivity contribution in [3.8, 4) is 0 Å². The van der Waals surface area contributed by atoms with E-state index in [4.69, 9.17) is 4.42 Å². The second-order valence-corrected chi connectivity index (χ2v) is 5.12. The number of carbonyl (C=O) groups excluding carboxylic acids is 1. The van der Waals surface area contributed by atoms with Crippen molar-refractivity contribution < 1.29 is 9.21 Å². The predicted octanol–water partition coefficient (Wildman–Crippen LogP) is 2.38. The molecule has 1 saturated carbocycles. The highest BCUT2D eigenvalue weighted by molar-refractivity contribution is 5.81. The molecule has 0 spiro atoms. The highest BCUT2D eigenvalue weighted by atomic mass is 16.3. The molecule has 2 N–H and O–H groups in total. The van der Waals surface area contributed by atoms with Crippen LogP contribution in [0.4, 0.5) is 0 Å². The number of carbonyl (C=O) groups is 1. The normalized spacial score (nSPS) is 19.7. The van der Waals surface area contributed by atoms with E-state index < -0.39 is 0 Å². The van der Waals surface area contributed by atoms with E-state index in [9.17, 15) is 4.79 Å². The molecule has 0 saturated heterocycles. The van der Waals surface area contributed by atoms with Gasteiger partial charge in [-0.15, -0.1) is 0 Å². The van der Waals surface area contributed by atoms with E-state index in [1.807, 2.05) is 26.0 Å². The van der Waals surface area contributed by atoms with E-state index in [0.717, 1.165) is 18.6 Å². The van der Waals surface area contributed by atoms with Crippen LogP contribution < -0.4 is 10.6 Å². The molecule has 1 aliphatic rings. The van der Waals surface area contributed by atoms with Gasteiger partial charge in [-0.2, -0.15) is 0 Å². The number of furan rings is 1. The third-order valence-corrected chi connectivity index (χ3v) is 3.56. The summed E-state index contributed by atoms with van der Waals surface area (Å²) < 4.78 is 5.32. The fourth-order valence-electron chi connectivity index (χ4n) is 2.47.